The second-order valence-corrected chi connectivity index (χ2v) is 16.0. The van der Waals surface area contributed by atoms with Crippen molar-refractivity contribution in [2.24, 2.45) is 0 Å². The van der Waals surface area contributed by atoms with Gasteiger partial charge in [0.1, 0.15) is 0 Å². The van der Waals surface area contributed by atoms with Crippen LogP contribution in [0.15, 0.2) is 170 Å². The van der Waals surface area contributed by atoms with Crippen LogP contribution in [0.2, 0.25) is 0 Å². The van der Waals surface area contributed by atoms with E-state index in [1.165, 1.54) is 15.6 Å². The molecule has 8 rings (SSSR count). The van der Waals surface area contributed by atoms with Gasteiger partial charge in [-0.1, -0.05) is 127 Å². The summed E-state index contributed by atoms with van der Waals surface area (Å²) < 4.78 is 2.20. The summed E-state index contributed by atoms with van der Waals surface area (Å²) in [4.78, 5) is 3.86. The molecule has 0 unspecified atom stereocenters. The van der Waals surface area contributed by atoms with Crippen LogP contribution < -0.4 is 20.7 Å². The Morgan fingerprint density at radius 1 is 0.500 bits per heavy atom. The van der Waals surface area contributed by atoms with Crippen molar-refractivity contribution in [3.05, 3.63) is 192 Å². The standard InChI is InChI=1S/C45H28N4Si/c1-48-34-23-24-39(44(29-34)49-42-20-12-11-19-38(42)40-27-32(30-46)21-25-43(40)49)41-28-33(31-47)22-26-45(41)50(35-13-5-2-6-14-35,36-15-7-3-8-16-36)37-17-9-4-10-18-37/h2-29H. The first-order valence-electron chi connectivity index (χ1n) is 16.3. The summed E-state index contributed by atoms with van der Waals surface area (Å²) in [6.07, 6.45) is 0. The van der Waals surface area contributed by atoms with E-state index in [2.05, 4.69) is 131 Å². The van der Waals surface area contributed by atoms with E-state index in [-0.39, 0.29) is 0 Å². The Labute approximate surface area is 291 Å². The van der Waals surface area contributed by atoms with E-state index in [1.807, 2.05) is 60.7 Å². The Kier molecular flexibility index (Phi) is 7.63. The van der Waals surface area contributed by atoms with Gasteiger partial charge in [0.2, 0.25) is 0 Å². The molecule has 0 N–H and O–H groups in total. The lowest BCUT2D eigenvalue weighted by molar-refractivity contribution is 1.18. The number of nitriles is 2. The molecule has 0 fully saturated rings. The maximum absolute atomic E-state index is 10.3. The molecule has 0 aliphatic carbocycles. The molecule has 0 atom stereocenters. The molecule has 50 heavy (non-hydrogen) atoms. The van der Waals surface area contributed by atoms with Crippen molar-refractivity contribution in [2.45, 2.75) is 0 Å². The van der Waals surface area contributed by atoms with Gasteiger partial charge in [0.05, 0.1) is 40.9 Å². The summed E-state index contributed by atoms with van der Waals surface area (Å²) in [7, 11) is -3.03. The highest BCUT2D eigenvalue weighted by molar-refractivity contribution is 7.20. The fourth-order valence-electron chi connectivity index (χ4n) is 7.50. The maximum Gasteiger partial charge on any atom is 0.189 e. The lowest BCUT2D eigenvalue weighted by atomic mass is 10.0. The Bertz CT molecular complexity index is 2580. The van der Waals surface area contributed by atoms with Crippen LogP contribution in [0.3, 0.4) is 0 Å². The quantitative estimate of drug-likeness (QED) is 0.104. The molecule has 5 heteroatoms. The highest BCUT2D eigenvalue weighted by atomic mass is 28.3. The molecule has 0 radical (unpaired) electrons. The molecule has 7 aromatic carbocycles. The molecule has 232 valence electrons. The molecule has 0 saturated heterocycles. The first-order valence-corrected chi connectivity index (χ1v) is 18.3. The number of rotatable bonds is 6. The SMILES string of the molecule is [C-]#[N+]c1ccc(-c2cc(C#N)ccc2[Si](c2ccccc2)(c2ccccc2)c2ccccc2)c(-n2c3ccccc3c3cc(C#N)ccc32)c1. The smallest absolute Gasteiger partial charge is 0.189 e. The van der Waals surface area contributed by atoms with Crippen LogP contribution >= 0.6 is 0 Å². The molecule has 0 aliphatic rings. The van der Waals surface area contributed by atoms with Crippen LogP contribution in [0, 0.1) is 29.2 Å². The Morgan fingerprint density at radius 2 is 1.04 bits per heavy atom. The molecule has 0 amide bonds. The lowest BCUT2D eigenvalue weighted by Gasteiger charge is -2.36. The van der Waals surface area contributed by atoms with E-state index in [0.29, 0.717) is 16.8 Å². The third-order valence-electron chi connectivity index (χ3n) is 9.62. The van der Waals surface area contributed by atoms with Gasteiger partial charge in [0, 0.05) is 22.0 Å². The average Bonchev–Trinajstić information content (AvgIpc) is 3.53. The van der Waals surface area contributed by atoms with Gasteiger partial charge in [0.25, 0.3) is 0 Å². The molecule has 8 aromatic rings. The summed E-state index contributed by atoms with van der Waals surface area (Å²) in [6.45, 7) is 8.01. The number of fused-ring (bicyclic) bond motifs is 3. The zero-order valence-corrected chi connectivity index (χ0v) is 28.0. The van der Waals surface area contributed by atoms with Crippen LogP contribution in [-0.4, -0.2) is 12.6 Å². The van der Waals surface area contributed by atoms with E-state index in [4.69, 9.17) is 6.57 Å². The van der Waals surface area contributed by atoms with Crippen LogP contribution in [0.4, 0.5) is 5.69 Å². The zero-order valence-electron chi connectivity index (χ0n) is 27.0. The van der Waals surface area contributed by atoms with Crippen molar-refractivity contribution in [1.82, 2.24) is 4.57 Å². The first kappa shape index (κ1) is 30.4. The Hall–Kier alpha value is -6.97. The summed E-state index contributed by atoms with van der Waals surface area (Å²) >= 11 is 0. The molecule has 0 saturated carbocycles. The molecule has 0 bridgehead atoms. The number of aromatic nitrogens is 1. The molecular formula is C45H28N4Si. The third-order valence-corrected chi connectivity index (χ3v) is 14.5. The van der Waals surface area contributed by atoms with E-state index in [0.717, 1.165) is 43.8 Å². The summed E-state index contributed by atoms with van der Waals surface area (Å²) in [5, 5.41) is 26.9. The highest BCUT2D eigenvalue weighted by Crippen LogP contribution is 2.38. The third kappa shape index (κ3) is 4.80. The molecule has 1 heterocycles. The second-order valence-electron chi connectivity index (χ2n) is 12.2. The van der Waals surface area contributed by atoms with Crippen LogP contribution in [0.1, 0.15) is 11.1 Å². The molecule has 0 aliphatic heterocycles. The van der Waals surface area contributed by atoms with E-state index in [1.54, 1.807) is 0 Å². The van der Waals surface area contributed by atoms with E-state index < -0.39 is 8.07 Å². The number of para-hydroxylation sites is 1. The van der Waals surface area contributed by atoms with Crippen LogP contribution in [0.5, 0.6) is 0 Å². The Morgan fingerprint density at radius 3 is 1.64 bits per heavy atom. The predicted molar refractivity (Wildman–Crippen MR) is 206 cm³/mol. The number of hydrogen-bond donors (Lipinski definition) is 0. The van der Waals surface area contributed by atoms with Gasteiger partial charge in [-0.15, -0.1) is 0 Å². The number of nitrogens with zero attached hydrogens (tertiary/aromatic N) is 4. The van der Waals surface area contributed by atoms with Crippen molar-refractivity contribution in [2.75, 3.05) is 0 Å². The first-order chi connectivity index (χ1) is 24.7. The lowest BCUT2D eigenvalue weighted by Crippen LogP contribution is -2.75. The predicted octanol–water partition coefficient (Wildman–Crippen LogP) is 8.12. The summed E-state index contributed by atoms with van der Waals surface area (Å²) in [5.74, 6) is 0. The van der Waals surface area contributed by atoms with Gasteiger partial charge in [0.15, 0.2) is 13.8 Å². The largest absolute Gasteiger partial charge is 0.310 e. The monoisotopic (exact) mass is 652 g/mol. The van der Waals surface area contributed by atoms with Crippen molar-refractivity contribution in [3.63, 3.8) is 0 Å². The van der Waals surface area contributed by atoms with Gasteiger partial charge < -0.3 is 4.57 Å². The van der Waals surface area contributed by atoms with Gasteiger partial charge >= 0.3 is 0 Å². The zero-order chi connectivity index (χ0) is 34.1. The highest BCUT2D eigenvalue weighted by Gasteiger charge is 2.43. The molecule has 4 nitrogen and oxygen atoms in total. The fraction of sp³-hybridized carbons (Fsp3) is 0. The fourth-order valence-corrected chi connectivity index (χ4v) is 12.5. The van der Waals surface area contributed by atoms with Crippen molar-refractivity contribution < 1.29 is 0 Å². The van der Waals surface area contributed by atoms with Gasteiger partial charge in [-0.05, 0) is 68.8 Å². The van der Waals surface area contributed by atoms with E-state index >= 15 is 0 Å². The summed E-state index contributed by atoms with van der Waals surface area (Å²) in [5.41, 5.74) is 6.25. The number of benzene rings is 7. The topological polar surface area (TPSA) is 56.9 Å². The van der Waals surface area contributed by atoms with Gasteiger partial charge in [-0.3, -0.25) is 0 Å². The minimum Gasteiger partial charge on any atom is -0.310 e. The van der Waals surface area contributed by atoms with Crippen molar-refractivity contribution in [3.8, 4) is 29.0 Å². The average molecular weight is 653 g/mol. The van der Waals surface area contributed by atoms with Crippen molar-refractivity contribution in [1.29, 1.82) is 10.5 Å². The van der Waals surface area contributed by atoms with Crippen LogP contribution in [-0.2, 0) is 0 Å². The minimum atomic E-state index is -3.03. The van der Waals surface area contributed by atoms with E-state index in [9.17, 15) is 10.5 Å². The Balaban J connectivity index is 1.55. The molecule has 1 aromatic heterocycles. The summed E-state index contributed by atoms with van der Waals surface area (Å²) in [6, 6.07) is 62.8. The molecule has 0 spiro atoms. The van der Waals surface area contributed by atoms with Crippen LogP contribution in [0.25, 0.3) is 43.5 Å². The number of hydrogen-bond acceptors (Lipinski definition) is 2. The molecular weight excluding hydrogens is 625 g/mol. The maximum atomic E-state index is 10.3. The van der Waals surface area contributed by atoms with Gasteiger partial charge in [-0.2, -0.15) is 10.5 Å². The van der Waals surface area contributed by atoms with Crippen molar-refractivity contribution >= 4 is 56.3 Å². The normalized spacial score (nSPS) is 11.1. The second kappa shape index (κ2) is 12.6. The van der Waals surface area contributed by atoms with Gasteiger partial charge in [-0.25, -0.2) is 4.85 Å². The minimum absolute atomic E-state index is 0.513.